The topological polar surface area (TPSA) is 73.0 Å². The van der Waals surface area contributed by atoms with Crippen molar-refractivity contribution in [1.82, 2.24) is 15.1 Å². The molecule has 7 nitrogen and oxygen atoms in total. The summed E-state index contributed by atoms with van der Waals surface area (Å²) in [4.78, 5) is 42.7. The molecule has 172 valence electrons. The van der Waals surface area contributed by atoms with Crippen LogP contribution in [0.4, 0.5) is 5.69 Å². The quantitative estimate of drug-likeness (QED) is 0.709. The van der Waals surface area contributed by atoms with Gasteiger partial charge in [0.1, 0.15) is 0 Å². The van der Waals surface area contributed by atoms with Crippen LogP contribution in [0, 0.1) is 0 Å². The second-order valence-corrected chi connectivity index (χ2v) is 8.37. The maximum Gasteiger partial charge on any atom is 0.251 e. The molecule has 0 unspecified atom stereocenters. The molecular formula is C26H30N4O3. The summed E-state index contributed by atoms with van der Waals surface area (Å²) in [6.45, 7) is 4.51. The summed E-state index contributed by atoms with van der Waals surface area (Å²) < 4.78 is 0. The predicted octanol–water partition coefficient (Wildman–Crippen LogP) is 2.40. The molecule has 2 saturated heterocycles. The molecular weight excluding hydrogens is 416 g/mol. The Hall–Kier alpha value is -3.45. The summed E-state index contributed by atoms with van der Waals surface area (Å²) >= 11 is 0. The Morgan fingerprint density at radius 3 is 2.30 bits per heavy atom. The zero-order valence-corrected chi connectivity index (χ0v) is 18.8. The van der Waals surface area contributed by atoms with Crippen molar-refractivity contribution in [2.24, 2.45) is 0 Å². The van der Waals surface area contributed by atoms with Gasteiger partial charge in [-0.2, -0.15) is 0 Å². The Labute approximate surface area is 194 Å². The number of piperazine rings is 1. The van der Waals surface area contributed by atoms with E-state index in [9.17, 15) is 14.4 Å². The van der Waals surface area contributed by atoms with Crippen molar-refractivity contribution in [3.63, 3.8) is 0 Å². The minimum absolute atomic E-state index is 0.0148. The highest BCUT2D eigenvalue weighted by molar-refractivity contribution is 5.98. The van der Waals surface area contributed by atoms with Gasteiger partial charge in [0.15, 0.2) is 0 Å². The molecule has 2 aliphatic heterocycles. The Morgan fingerprint density at radius 2 is 1.64 bits per heavy atom. The van der Waals surface area contributed by atoms with Crippen LogP contribution in [0.15, 0.2) is 60.7 Å². The number of anilines is 1. The Balaban J connectivity index is 1.18. The van der Waals surface area contributed by atoms with Gasteiger partial charge in [-0.25, -0.2) is 0 Å². The highest BCUT2D eigenvalue weighted by Gasteiger charge is 2.23. The van der Waals surface area contributed by atoms with Crippen LogP contribution in [0.3, 0.4) is 0 Å². The van der Waals surface area contributed by atoms with Gasteiger partial charge in [-0.1, -0.05) is 42.5 Å². The summed E-state index contributed by atoms with van der Waals surface area (Å²) in [5.74, 6) is -0.237. The summed E-state index contributed by atoms with van der Waals surface area (Å²) in [5, 5.41) is 2.72. The molecule has 0 spiro atoms. The monoisotopic (exact) mass is 446 g/mol. The largest absolute Gasteiger partial charge is 0.343 e. The predicted molar refractivity (Wildman–Crippen MR) is 129 cm³/mol. The molecule has 2 aromatic carbocycles. The first kappa shape index (κ1) is 22.7. The number of nitrogens with one attached hydrogen (secondary N) is 1. The van der Waals surface area contributed by atoms with Crippen molar-refractivity contribution in [3.05, 3.63) is 71.8 Å². The van der Waals surface area contributed by atoms with Crippen LogP contribution in [-0.4, -0.2) is 73.3 Å². The number of carbonyl (C=O) groups is 3. The molecule has 3 amide bonds. The van der Waals surface area contributed by atoms with Gasteiger partial charge in [0.2, 0.25) is 11.8 Å². The average molecular weight is 447 g/mol. The first-order chi connectivity index (χ1) is 16.1. The zero-order valence-electron chi connectivity index (χ0n) is 18.8. The standard InChI is InChI=1S/C26H30N4O3/c31-24-9-5-15-30(24)23-12-10-22(11-13-23)26(33)27-20-25(32)29-18-16-28(17-19-29)14-4-8-21-6-2-1-3-7-21/h1-4,6-8,10-13H,5,9,14-20H2,(H,27,33)/b8-4+. The van der Waals surface area contributed by atoms with E-state index in [1.165, 1.54) is 5.56 Å². The number of nitrogens with zero attached hydrogens (tertiary/aromatic N) is 3. The van der Waals surface area contributed by atoms with Gasteiger partial charge in [0.05, 0.1) is 6.54 Å². The van der Waals surface area contributed by atoms with Crippen LogP contribution in [0.5, 0.6) is 0 Å². The minimum Gasteiger partial charge on any atom is -0.343 e. The summed E-state index contributed by atoms with van der Waals surface area (Å²) in [5.41, 5.74) is 2.47. The normalized spacial score (nSPS) is 17.0. The van der Waals surface area contributed by atoms with E-state index in [0.717, 1.165) is 38.3 Å². The van der Waals surface area contributed by atoms with Crippen molar-refractivity contribution >= 4 is 29.5 Å². The van der Waals surface area contributed by atoms with Crippen molar-refractivity contribution in [2.75, 3.05) is 50.7 Å². The second-order valence-electron chi connectivity index (χ2n) is 8.37. The van der Waals surface area contributed by atoms with E-state index in [-0.39, 0.29) is 24.3 Å². The van der Waals surface area contributed by atoms with E-state index in [2.05, 4.69) is 34.5 Å². The van der Waals surface area contributed by atoms with E-state index in [1.54, 1.807) is 34.1 Å². The summed E-state index contributed by atoms with van der Waals surface area (Å²) in [6, 6.07) is 17.2. The van der Waals surface area contributed by atoms with Gasteiger partial charge < -0.3 is 15.1 Å². The van der Waals surface area contributed by atoms with Crippen molar-refractivity contribution < 1.29 is 14.4 Å². The van der Waals surface area contributed by atoms with E-state index in [4.69, 9.17) is 0 Å². The first-order valence-electron chi connectivity index (χ1n) is 11.5. The van der Waals surface area contributed by atoms with Crippen LogP contribution >= 0.6 is 0 Å². The Bertz CT molecular complexity index is 996. The highest BCUT2D eigenvalue weighted by Crippen LogP contribution is 2.21. The van der Waals surface area contributed by atoms with Gasteiger partial charge in [0, 0.05) is 56.9 Å². The van der Waals surface area contributed by atoms with Gasteiger partial charge in [-0.05, 0) is 36.2 Å². The Morgan fingerprint density at radius 1 is 0.909 bits per heavy atom. The lowest BCUT2D eigenvalue weighted by atomic mass is 10.2. The molecule has 0 bridgehead atoms. The highest BCUT2D eigenvalue weighted by atomic mass is 16.2. The molecule has 0 aliphatic carbocycles. The molecule has 0 radical (unpaired) electrons. The number of hydrogen-bond donors (Lipinski definition) is 1. The van der Waals surface area contributed by atoms with Crippen LogP contribution in [0.2, 0.25) is 0 Å². The molecule has 4 rings (SSSR count). The smallest absolute Gasteiger partial charge is 0.251 e. The van der Waals surface area contributed by atoms with E-state index >= 15 is 0 Å². The van der Waals surface area contributed by atoms with Gasteiger partial charge >= 0.3 is 0 Å². The van der Waals surface area contributed by atoms with Gasteiger partial charge in [-0.3, -0.25) is 19.3 Å². The third-order valence-electron chi connectivity index (χ3n) is 6.11. The summed E-state index contributed by atoms with van der Waals surface area (Å²) in [6.07, 6.45) is 5.70. The third-order valence-corrected chi connectivity index (χ3v) is 6.11. The molecule has 2 aromatic rings. The van der Waals surface area contributed by atoms with Crippen molar-refractivity contribution in [2.45, 2.75) is 12.8 Å². The van der Waals surface area contributed by atoms with Crippen molar-refractivity contribution in [3.8, 4) is 0 Å². The number of carbonyl (C=O) groups excluding carboxylic acids is 3. The maximum atomic E-state index is 12.5. The fourth-order valence-corrected chi connectivity index (χ4v) is 4.17. The average Bonchev–Trinajstić information content (AvgIpc) is 3.29. The molecule has 2 heterocycles. The number of rotatable bonds is 7. The maximum absolute atomic E-state index is 12.5. The van der Waals surface area contributed by atoms with Crippen LogP contribution in [-0.2, 0) is 9.59 Å². The Kier molecular flexibility index (Phi) is 7.52. The van der Waals surface area contributed by atoms with E-state index in [1.807, 2.05) is 18.2 Å². The first-order valence-corrected chi connectivity index (χ1v) is 11.5. The van der Waals surface area contributed by atoms with Crippen molar-refractivity contribution in [1.29, 1.82) is 0 Å². The zero-order chi connectivity index (χ0) is 23.0. The number of amides is 3. The number of benzene rings is 2. The number of hydrogen-bond acceptors (Lipinski definition) is 4. The SMILES string of the molecule is O=C(NCC(=O)N1CCN(C/C=C/c2ccccc2)CC1)c1ccc(N2CCCC2=O)cc1. The molecule has 7 heteroatoms. The second kappa shape index (κ2) is 10.9. The fourth-order valence-electron chi connectivity index (χ4n) is 4.17. The van der Waals surface area contributed by atoms with Crippen LogP contribution in [0.25, 0.3) is 6.08 Å². The van der Waals surface area contributed by atoms with E-state index < -0.39 is 0 Å². The molecule has 33 heavy (non-hydrogen) atoms. The molecule has 0 saturated carbocycles. The van der Waals surface area contributed by atoms with Crippen LogP contribution < -0.4 is 10.2 Å². The van der Waals surface area contributed by atoms with Crippen LogP contribution in [0.1, 0.15) is 28.8 Å². The molecule has 2 fully saturated rings. The lowest BCUT2D eigenvalue weighted by molar-refractivity contribution is -0.131. The minimum atomic E-state index is -0.285. The molecule has 1 N–H and O–H groups in total. The summed E-state index contributed by atoms with van der Waals surface area (Å²) in [7, 11) is 0. The van der Waals surface area contributed by atoms with E-state index in [0.29, 0.717) is 25.1 Å². The van der Waals surface area contributed by atoms with Gasteiger partial charge in [0.25, 0.3) is 5.91 Å². The fraction of sp³-hybridized carbons (Fsp3) is 0.346. The molecule has 2 aliphatic rings. The third kappa shape index (κ3) is 6.08. The molecule has 0 aromatic heterocycles. The lowest BCUT2D eigenvalue weighted by Crippen LogP contribution is -2.51. The lowest BCUT2D eigenvalue weighted by Gasteiger charge is -2.34. The van der Waals surface area contributed by atoms with Gasteiger partial charge in [-0.15, -0.1) is 0 Å². The molecule has 0 atom stereocenters.